The van der Waals surface area contributed by atoms with E-state index >= 15 is 0 Å². The van der Waals surface area contributed by atoms with Crippen molar-refractivity contribution in [3.05, 3.63) is 58.1 Å². The Bertz CT molecular complexity index is 1070. The van der Waals surface area contributed by atoms with E-state index in [1.807, 2.05) is 32.0 Å². The van der Waals surface area contributed by atoms with E-state index in [2.05, 4.69) is 10.6 Å². The SMILES string of the molecule is COc1ccc(Cl)cc1NC(=O)N1CCC2(CC1)N=C(c1ccc(C)c(C)c1)C(=O)N2. The number of nitrogens with zero attached hydrogens (tertiary/aromatic N) is 2. The molecule has 2 heterocycles. The fourth-order valence-electron chi connectivity index (χ4n) is 3.94. The average molecular weight is 441 g/mol. The Morgan fingerprint density at radius 1 is 1.16 bits per heavy atom. The minimum absolute atomic E-state index is 0.162. The number of carbonyl (C=O) groups excluding carboxylic acids is 2. The number of rotatable bonds is 3. The summed E-state index contributed by atoms with van der Waals surface area (Å²) >= 11 is 6.05. The van der Waals surface area contributed by atoms with Crippen molar-refractivity contribution >= 4 is 34.9 Å². The summed E-state index contributed by atoms with van der Waals surface area (Å²) in [4.78, 5) is 31.9. The third kappa shape index (κ3) is 4.23. The second-order valence-electron chi connectivity index (χ2n) is 8.01. The molecule has 8 heteroatoms. The molecule has 1 fully saturated rings. The number of carbonyl (C=O) groups is 2. The van der Waals surface area contributed by atoms with Crippen LogP contribution in [0.2, 0.25) is 5.02 Å². The van der Waals surface area contributed by atoms with Gasteiger partial charge in [-0.25, -0.2) is 4.79 Å². The molecule has 3 amide bonds. The van der Waals surface area contributed by atoms with Crippen LogP contribution in [0.25, 0.3) is 0 Å². The molecule has 1 saturated heterocycles. The number of piperidine rings is 1. The molecule has 162 valence electrons. The third-order valence-electron chi connectivity index (χ3n) is 5.95. The van der Waals surface area contributed by atoms with Crippen molar-refractivity contribution in [1.29, 1.82) is 0 Å². The molecule has 0 atom stereocenters. The molecule has 0 radical (unpaired) electrons. The number of amides is 3. The number of nitrogens with one attached hydrogen (secondary N) is 2. The standard InChI is InChI=1S/C23H25ClN4O3/c1-14-4-5-16(12-15(14)2)20-21(29)27-23(26-20)8-10-28(11-9-23)22(30)25-18-13-17(24)6-7-19(18)31-3/h4-7,12-13H,8-11H2,1-3H3,(H,25,30)(H,27,29). The monoisotopic (exact) mass is 440 g/mol. The van der Waals surface area contributed by atoms with Gasteiger partial charge in [0.1, 0.15) is 17.1 Å². The lowest BCUT2D eigenvalue weighted by Crippen LogP contribution is -2.53. The number of halogens is 1. The molecule has 7 nitrogen and oxygen atoms in total. The molecule has 31 heavy (non-hydrogen) atoms. The van der Waals surface area contributed by atoms with E-state index < -0.39 is 5.66 Å². The van der Waals surface area contributed by atoms with Gasteiger partial charge in [0.2, 0.25) is 0 Å². The number of urea groups is 1. The summed E-state index contributed by atoms with van der Waals surface area (Å²) < 4.78 is 5.29. The Balaban J connectivity index is 1.45. The van der Waals surface area contributed by atoms with Crippen LogP contribution in [0.4, 0.5) is 10.5 Å². The molecule has 0 saturated carbocycles. The predicted octanol–water partition coefficient (Wildman–Crippen LogP) is 3.91. The molecule has 2 N–H and O–H groups in total. The normalized spacial score (nSPS) is 17.4. The lowest BCUT2D eigenvalue weighted by atomic mass is 9.98. The van der Waals surface area contributed by atoms with Crippen molar-refractivity contribution in [2.45, 2.75) is 32.4 Å². The first-order valence-electron chi connectivity index (χ1n) is 10.2. The van der Waals surface area contributed by atoms with Crippen LogP contribution >= 0.6 is 11.6 Å². The van der Waals surface area contributed by atoms with Crippen molar-refractivity contribution in [3.63, 3.8) is 0 Å². The quantitative estimate of drug-likeness (QED) is 0.759. The summed E-state index contributed by atoms with van der Waals surface area (Å²) in [6.45, 7) is 5.00. The van der Waals surface area contributed by atoms with E-state index in [9.17, 15) is 9.59 Å². The summed E-state index contributed by atoms with van der Waals surface area (Å²) in [6.07, 6.45) is 1.10. The minimum Gasteiger partial charge on any atom is -0.495 e. The van der Waals surface area contributed by atoms with E-state index in [4.69, 9.17) is 21.3 Å². The van der Waals surface area contributed by atoms with Crippen molar-refractivity contribution in [2.24, 2.45) is 4.99 Å². The van der Waals surface area contributed by atoms with Crippen LogP contribution in [0.3, 0.4) is 0 Å². The first-order valence-corrected chi connectivity index (χ1v) is 10.6. The van der Waals surface area contributed by atoms with Crippen LogP contribution < -0.4 is 15.4 Å². The zero-order valence-electron chi connectivity index (χ0n) is 17.8. The minimum atomic E-state index is -0.657. The molecule has 0 bridgehead atoms. The van der Waals surface area contributed by atoms with E-state index in [1.165, 1.54) is 12.7 Å². The number of hydrogen-bond donors (Lipinski definition) is 2. The highest BCUT2D eigenvalue weighted by Crippen LogP contribution is 2.31. The molecule has 2 aliphatic heterocycles. The summed E-state index contributed by atoms with van der Waals surface area (Å²) in [7, 11) is 1.54. The maximum Gasteiger partial charge on any atom is 0.321 e. The number of anilines is 1. The number of aliphatic imine (C=N–C) groups is 1. The van der Waals surface area contributed by atoms with Crippen molar-refractivity contribution < 1.29 is 14.3 Å². The van der Waals surface area contributed by atoms with Gasteiger partial charge < -0.3 is 20.3 Å². The molecule has 1 spiro atoms. The summed E-state index contributed by atoms with van der Waals surface area (Å²) in [5, 5.41) is 6.42. The number of likely N-dealkylation sites (tertiary alicyclic amines) is 1. The van der Waals surface area contributed by atoms with Crippen molar-refractivity contribution in [2.75, 3.05) is 25.5 Å². The van der Waals surface area contributed by atoms with Crippen LogP contribution in [0, 0.1) is 13.8 Å². The Morgan fingerprint density at radius 2 is 1.90 bits per heavy atom. The van der Waals surface area contributed by atoms with Gasteiger partial charge in [0.25, 0.3) is 5.91 Å². The molecule has 2 aliphatic rings. The fourth-order valence-corrected chi connectivity index (χ4v) is 4.11. The van der Waals surface area contributed by atoms with Gasteiger partial charge in [-0.15, -0.1) is 0 Å². The molecule has 4 rings (SSSR count). The molecule has 0 aliphatic carbocycles. The van der Waals surface area contributed by atoms with Gasteiger partial charge >= 0.3 is 6.03 Å². The molecule has 2 aromatic rings. The molecule has 2 aromatic carbocycles. The maximum absolute atomic E-state index is 12.8. The number of methoxy groups -OCH3 is 1. The van der Waals surface area contributed by atoms with Crippen LogP contribution in [-0.2, 0) is 4.79 Å². The van der Waals surface area contributed by atoms with E-state index in [-0.39, 0.29) is 11.9 Å². The smallest absolute Gasteiger partial charge is 0.321 e. The molecular formula is C23H25ClN4O3. The second kappa shape index (κ2) is 8.23. The first kappa shape index (κ1) is 21.2. The van der Waals surface area contributed by atoms with Crippen molar-refractivity contribution in [3.8, 4) is 5.75 Å². The predicted molar refractivity (Wildman–Crippen MR) is 121 cm³/mol. The van der Waals surface area contributed by atoms with Gasteiger partial charge in [0.15, 0.2) is 0 Å². The van der Waals surface area contributed by atoms with E-state index in [1.54, 1.807) is 23.1 Å². The lowest BCUT2D eigenvalue weighted by molar-refractivity contribution is -0.115. The number of benzene rings is 2. The second-order valence-corrected chi connectivity index (χ2v) is 8.44. The van der Waals surface area contributed by atoms with Crippen LogP contribution in [0.1, 0.15) is 29.5 Å². The third-order valence-corrected chi connectivity index (χ3v) is 6.18. The van der Waals surface area contributed by atoms with E-state index in [0.717, 1.165) is 11.1 Å². The van der Waals surface area contributed by atoms with E-state index in [0.29, 0.717) is 48.1 Å². The maximum atomic E-state index is 12.8. The molecule has 0 aromatic heterocycles. The largest absolute Gasteiger partial charge is 0.495 e. The van der Waals surface area contributed by atoms with Gasteiger partial charge in [-0.1, -0.05) is 23.7 Å². The Kier molecular flexibility index (Phi) is 5.62. The van der Waals surface area contributed by atoms with Crippen LogP contribution in [-0.4, -0.2) is 48.4 Å². The van der Waals surface area contributed by atoms with Gasteiger partial charge in [-0.05, 0) is 49.2 Å². The number of hydrogen-bond acceptors (Lipinski definition) is 4. The fraction of sp³-hybridized carbons (Fsp3) is 0.348. The summed E-state index contributed by atoms with van der Waals surface area (Å²) in [5.41, 5.74) is 3.44. The zero-order valence-corrected chi connectivity index (χ0v) is 18.5. The average Bonchev–Trinajstić information content (AvgIpc) is 3.06. The van der Waals surface area contributed by atoms with Crippen LogP contribution in [0.15, 0.2) is 41.4 Å². The van der Waals surface area contributed by atoms with Crippen LogP contribution in [0.5, 0.6) is 5.75 Å². The highest BCUT2D eigenvalue weighted by molar-refractivity contribution is 6.46. The topological polar surface area (TPSA) is 83.0 Å². The number of ether oxygens (including phenoxy) is 1. The number of aryl methyl sites for hydroxylation is 2. The summed E-state index contributed by atoms with van der Waals surface area (Å²) in [5.74, 6) is 0.377. The summed E-state index contributed by atoms with van der Waals surface area (Å²) in [6, 6.07) is 10.8. The van der Waals surface area contributed by atoms with Gasteiger partial charge in [-0.3, -0.25) is 9.79 Å². The highest BCUT2D eigenvalue weighted by Gasteiger charge is 2.43. The molecular weight excluding hydrogens is 416 g/mol. The van der Waals surface area contributed by atoms with Gasteiger partial charge in [0, 0.05) is 36.5 Å². The van der Waals surface area contributed by atoms with Crippen molar-refractivity contribution in [1.82, 2.24) is 10.2 Å². The lowest BCUT2D eigenvalue weighted by Gasteiger charge is -2.37. The Hall–Kier alpha value is -3.06. The van der Waals surface area contributed by atoms with Gasteiger partial charge in [-0.2, -0.15) is 0 Å². The Labute approximate surface area is 186 Å². The molecule has 0 unspecified atom stereocenters. The van der Waals surface area contributed by atoms with Gasteiger partial charge in [0.05, 0.1) is 12.8 Å². The zero-order chi connectivity index (χ0) is 22.2. The highest BCUT2D eigenvalue weighted by atomic mass is 35.5. The first-order chi connectivity index (χ1) is 14.8. The Morgan fingerprint density at radius 3 is 2.58 bits per heavy atom.